The van der Waals surface area contributed by atoms with E-state index in [0.717, 1.165) is 0 Å². The van der Waals surface area contributed by atoms with Crippen molar-refractivity contribution >= 4 is 29.3 Å². The Morgan fingerprint density at radius 3 is 2.61 bits per heavy atom. The molecule has 0 spiro atoms. The van der Waals surface area contributed by atoms with Gasteiger partial charge in [0.15, 0.2) is 0 Å². The van der Waals surface area contributed by atoms with Gasteiger partial charge in [-0.15, -0.1) is 0 Å². The number of amides is 2. The van der Waals surface area contributed by atoms with Gasteiger partial charge in [-0.1, -0.05) is 0 Å². The summed E-state index contributed by atoms with van der Waals surface area (Å²) >= 11 is 0. The zero-order valence-electron chi connectivity index (χ0n) is 15.6. The number of carboxylic acid groups (broad SMARTS) is 1. The molecule has 1 aromatic carbocycles. The Bertz CT molecular complexity index is 766. The van der Waals surface area contributed by atoms with Gasteiger partial charge in [0.2, 0.25) is 5.91 Å². The van der Waals surface area contributed by atoms with E-state index in [0.29, 0.717) is 37.6 Å². The number of carbonyl (C=O) groups excluding carboxylic acids is 2. The van der Waals surface area contributed by atoms with Gasteiger partial charge in [0.25, 0.3) is 0 Å². The first kappa shape index (κ1) is 19.9. The van der Waals surface area contributed by atoms with E-state index >= 15 is 0 Å². The fraction of sp³-hybridized carbons (Fsp3) is 0.500. The number of nitrogens with zero attached hydrogens (tertiary/aromatic N) is 3. The van der Waals surface area contributed by atoms with Gasteiger partial charge in [0, 0.05) is 33.1 Å². The number of halogens is 1. The average Bonchev–Trinajstić information content (AvgIpc) is 3.01. The van der Waals surface area contributed by atoms with Crippen LogP contribution in [-0.4, -0.2) is 79.9 Å². The maximum absolute atomic E-state index is 14.7. The van der Waals surface area contributed by atoms with Gasteiger partial charge < -0.3 is 20.1 Å². The highest BCUT2D eigenvalue weighted by atomic mass is 19.1. The first-order valence-electron chi connectivity index (χ1n) is 9.04. The van der Waals surface area contributed by atoms with Gasteiger partial charge in [0.05, 0.1) is 31.0 Å². The number of cyclic esters (lactones) is 1. The molecule has 2 fully saturated rings. The normalized spacial score (nSPS) is 20.2. The van der Waals surface area contributed by atoms with E-state index in [2.05, 4.69) is 5.32 Å². The van der Waals surface area contributed by atoms with Crippen LogP contribution in [0.1, 0.15) is 6.92 Å². The molecule has 10 heteroatoms. The molecule has 2 saturated heterocycles. The molecule has 2 aliphatic rings. The van der Waals surface area contributed by atoms with Crippen LogP contribution in [0.5, 0.6) is 0 Å². The van der Waals surface area contributed by atoms with Crippen LogP contribution >= 0.6 is 0 Å². The Morgan fingerprint density at radius 1 is 1.29 bits per heavy atom. The molecule has 152 valence electrons. The van der Waals surface area contributed by atoms with E-state index in [1.54, 1.807) is 17.0 Å². The SMILES string of the molecule is CC(=O)NC[C@H]1CN(c2ccc(N3CCN(CC(=O)O)CC3)c(F)c2)C(=O)O1. The number of carbonyl (C=O) groups is 3. The molecule has 0 radical (unpaired) electrons. The maximum atomic E-state index is 14.7. The monoisotopic (exact) mass is 394 g/mol. The van der Waals surface area contributed by atoms with Crippen LogP contribution < -0.4 is 15.1 Å². The predicted molar refractivity (Wildman–Crippen MR) is 99.0 cm³/mol. The lowest BCUT2D eigenvalue weighted by Crippen LogP contribution is -2.48. The smallest absolute Gasteiger partial charge is 0.414 e. The minimum Gasteiger partial charge on any atom is -0.480 e. The number of anilines is 2. The van der Waals surface area contributed by atoms with E-state index in [9.17, 15) is 18.8 Å². The number of ether oxygens (including phenoxy) is 1. The van der Waals surface area contributed by atoms with Crippen molar-refractivity contribution in [1.29, 1.82) is 0 Å². The number of hydrogen-bond acceptors (Lipinski definition) is 6. The van der Waals surface area contributed by atoms with Gasteiger partial charge in [-0.2, -0.15) is 0 Å². The lowest BCUT2D eigenvalue weighted by Gasteiger charge is -2.35. The molecule has 2 amide bonds. The summed E-state index contributed by atoms with van der Waals surface area (Å²) in [7, 11) is 0. The Kier molecular flexibility index (Phi) is 5.98. The largest absolute Gasteiger partial charge is 0.480 e. The highest BCUT2D eigenvalue weighted by Gasteiger charge is 2.33. The fourth-order valence-corrected chi connectivity index (χ4v) is 3.35. The molecule has 0 unspecified atom stereocenters. The third kappa shape index (κ3) is 4.69. The lowest BCUT2D eigenvalue weighted by atomic mass is 10.2. The van der Waals surface area contributed by atoms with Crippen LogP contribution in [0.3, 0.4) is 0 Å². The Balaban J connectivity index is 1.62. The second-order valence-electron chi connectivity index (χ2n) is 6.85. The van der Waals surface area contributed by atoms with Crippen molar-refractivity contribution in [1.82, 2.24) is 10.2 Å². The number of benzene rings is 1. The first-order chi connectivity index (χ1) is 13.3. The third-order valence-corrected chi connectivity index (χ3v) is 4.77. The summed E-state index contributed by atoms with van der Waals surface area (Å²) in [5.74, 6) is -1.55. The molecule has 1 atom stereocenters. The van der Waals surface area contributed by atoms with Crippen molar-refractivity contribution in [2.75, 3.05) is 55.6 Å². The molecule has 9 nitrogen and oxygen atoms in total. The van der Waals surface area contributed by atoms with E-state index in [1.807, 2.05) is 4.90 Å². The second kappa shape index (κ2) is 8.42. The average molecular weight is 394 g/mol. The van der Waals surface area contributed by atoms with Crippen molar-refractivity contribution in [2.24, 2.45) is 0 Å². The second-order valence-corrected chi connectivity index (χ2v) is 6.85. The molecular formula is C18H23FN4O5. The molecule has 0 bridgehead atoms. The zero-order chi connectivity index (χ0) is 20.3. The number of hydrogen-bond donors (Lipinski definition) is 2. The zero-order valence-corrected chi connectivity index (χ0v) is 15.6. The Morgan fingerprint density at radius 2 is 2.00 bits per heavy atom. The summed E-state index contributed by atoms with van der Waals surface area (Å²) in [6, 6.07) is 4.57. The minimum atomic E-state index is -0.877. The highest BCUT2D eigenvalue weighted by molar-refractivity contribution is 5.90. The van der Waals surface area contributed by atoms with Crippen LogP contribution in [0.25, 0.3) is 0 Å². The maximum Gasteiger partial charge on any atom is 0.414 e. The quantitative estimate of drug-likeness (QED) is 0.724. The molecule has 3 rings (SSSR count). The van der Waals surface area contributed by atoms with Crippen LogP contribution in [0.4, 0.5) is 20.6 Å². The summed E-state index contributed by atoms with van der Waals surface area (Å²) < 4.78 is 19.9. The fourth-order valence-electron chi connectivity index (χ4n) is 3.35. The highest BCUT2D eigenvalue weighted by Crippen LogP contribution is 2.28. The first-order valence-corrected chi connectivity index (χ1v) is 9.04. The molecule has 2 N–H and O–H groups in total. The third-order valence-electron chi connectivity index (χ3n) is 4.77. The van der Waals surface area contributed by atoms with E-state index in [1.165, 1.54) is 17.9 Å². The van der Waals surface area contributed by atoms with Crippen LogP contribution in [0.15, 0.2) is 18.2 Å². The molecule has 2 heterocycles. The van der Waals surface area contributed by atoms with Gasteiger partial charge in [-0.25, -0.2) is 9.18 Å². The van der Waals surface area contributed by atoms with Crippen molar-refractivity contribution in [3.63, 3.8) is 0 Å². The molecule has 0 aromatic heterocycles. The molecule has 1 aromatic rings. The summed E-state index contributed by atoms with van der Waals surface area (Å²) in [6.07, 6.45) is -1.06. The Hall–Kier alpha value is -2.88. The van der Waals surface area contributed by atoms with E-state index in [4.69, 9.17) is 9.84 Å². The summed E-state index contributed by atoms with van der Waals surface area (Å²) in [6.45, 7) is 3.91. The number of nitrogens with one attached hydrogen (secondary N) is 1. The topological polar surface area (TPSA) is 102 Å². The van der Waals surface area contributed by atoms with Crippen molar-refractivity contribution < 1.29 is 28.6 Å². The molecule has 2 aliphatic heterocycles. The predicted octanol–water partition coefficient (Wildman–Crippen LogP) is 0.494. The van der Waals surface area contributed by atoms with Gasteiger partial charge in [0.1, 0.15) is 11.9 Å². The van der Waals surface area contributed by atoms with Gasteiger partial charge in [-0.05, 0) is 18.2 Å². The number of carboxylic acids is 1. The van der Waals surface area contributed by atoms with E-state index < -0.39 is 24.0 Å². The summed E-state index contributed by atoms with van der Waals surface area (Å²) in [4.78, 5) is 38.8. The standard InChI is InChI=1S/C18H23FN4O5/c1-12(24)20-9-14-10-23(18(27)28-14)13-2-3-16(15(19)8-13)22-6-4-21(5-7-22)11-17(25)26/h2-3,8,14H,4-7,9-11H2,1H3,(H,20,24)(H,25,26)/t14-/m0/s1. The van der Waals surface area contributed by atoms with Crippen molar-refractivity contribution in [3.05, 3.63) is 24.0 Å². The molecular weight excluding hydrogens is 371 g/mol. The molecule has 0 saturated carbocycles. The summed E-state index contributed by atoms with van der Waals surface area (Å²) in [5.41, 5.74) is 0.808. The van der Waals surface area contributed by atoms with Crippen LogP contribution in [0.2, 0.25) is 0 Å². The number of aliphatic carboxylic acids is 1. The number of piperazine rings is 1. The van der Waals surface area contributed by atoms with Crippen LogP contribution in [-0.2, 0) is 14.3 Å². The molecule has 28 heavy (non-hydrogen) atoms. The lowest BCUT2D eigenvalue weighted by molar-refractivity contribution is -0.138. The van der Waals surface area contributed by atoms with Crippen LogP contribution in [0, 0.1) is 5.82 Å². The molecule has 0 aliphatic carbocycles. The van der Waals surface area contributed by atoms with Gasteiger partial charge in [-0.3, -0.25) is 19.4 Å². The van der Waals surface area contributed by atoms with Crippen molar-refractivity contribution in [2.45, 2.75) is 13.0 Å². The van der Waals surface area contributed by atoms with Gasteiger partial charge >= 0.3 is 12.1 Å². The summed E-state index contributed by atoms with van der Waals surface area (Å²) in [5, 5.41) is 11.4. The minimum absolute atomic E-state index is 0.0218. The number of rotatable bonds is 6. The van der Waals surface area contributed by atoms with E-state index in [-0.39, 0.29) is 25.5 Å². The van der Waals surface area contributed by atoms with Crippen molar-refractivity contribution in [3.8, 4) is 0 Å². The Labute approximate surface area is 161 Å².